The number of ether oxygens (including phenoxy) is 2. The summed E-state index contributed by atoms with van der Waals surface area (Å²) in [5.41, 5.74) is 0.396. The summed E-state index contributed by atoms with van der Waals surface area (Å²) in [6.07, 6.45) is 0. The van der Waals surface area contributed by atoms with E-state index in [0.717, 1.165) is 6.07 Å². The zero-order valence-corrected chi connectivity index (χ0v) is 11.7. The lowest BCUT2D eigenvalue weighted by Crippen LogP contribution is -2.26. The van der Waals surface area contributed by atoms with Crippen molar-refractivity contribution < 1.29 is 29.6 Å². The third-order valence-electron chi connectivity index (χ3n) is 3.65. The highest BCUT2D eigenvalue weighted by Gasteiger charge is 2.34. The fourth-order valence-corrected chi connectivity index (χ4v) is 2.55. The number of phenols is 3. The molecule has 3 N–H and O–H groups in total. The molecule has 6 nitrogen and oxygen atoms in total. The molecule has 1 atom stereocenters. The average Bonchev–Trinajstić information content (AvgIpc) is 2.47. The first-order valence-corrected chi connectivity index (χ1v) is 6.61. The topological polar surface area (TPSA) is 96.2 Å². The maximum Gasteiger partial charge on any atom is 0.181 e. The molecule has 0 amide bonds. The maximum absolute atomic E-state index is 12.6. The highest BCUT2D eigenvalue weighted by atomic mass is 16.5. The Morgan fingerprint density at radius 1 is 1.14 bits per heavy atom. The van der Waals surface area contributed by atoms with Crippen LogP contribution in [0.25, 0.3) is 0 Å². The zero-order valence-electron chi connectivity index (χ0n) is 11.7. The van der Waals surface area contributed by atoms with Gasteiger partial charge >= 0.3 is 0 Å². The van der Waals surface area contributed by atoms with Crippen LogP contribution < -0.4 is 9.47 Å². The second-order valence-corrected chi connectivity index (χ2v) is 4.99. The van der Waals surface area contributed by atoms with Crippen LogP contribution in [0.4, 0.5) is 0 Å². The Kier molecular flexibility index (Phi) is 3.29. The normalized spacial score (nSPS) is 16.8. The molecule has 1 aliphatic rings. The summed E-state index contributed by atoms with van der Waals surface area (Å²) < 4.78 is 10.5. The summed E-state index contributed by atoms with van der Waals surface area (Å²) in [6.45, 7) is 0.00855. The predicted molar refractivity (Wildman–Crippen MR) is 77.0 cm³/mol. The second-order valence-electron chi connectivity index (χ2n) is 4.99. The number of benzene rings is 2. The first-order valence-electron chi connectivity index (χ1n) is 6.61. The van der Waals surface area contributed by atoms with Crippen molar-refractivity contribution in [1.82, 2.24) is 0 Å². The quantitative estimate of drug-likeness (QED) is 0.787. The monoisotopic (exact) mass is 302 g/mol. The molecule has 6 heteroatoms. The first-order chi connectivity index (χ1) is 10.5. The van der Waals surface area contributed by atoms with Gasteiger partial charge in [-0.2, -0.15) is 0 Å². The van der Waals surface area contributed by atoms with E-state index in [4.69, 9.17) is 9.47 Å². The van der Waals surface area contributed by atoms with Crippen molar-refractivity contribution in [3.05, 3.63) is 41.5 Å². The van der Waals surface area contributed by atoms with Crippen molar-refractivity contribution in [3.8, 4) is 28.7 Å². The third-order valence-corrected chi connectivity index (χ3v) is 3.65. The second kappa shape index (κ2) is 5.14. The van der Waals surface area contributed by atoms with Gasteiger partial charge in [0.1, 0.15) is 40.9 Å². The van der Waals surface area contributed by atoms with Crippen LogP contribution in [-0.4, -0.2) is 34.8 Å². The summed E-state index contributed by atoms with van der Waals surface area (Å²) >= 11 is 0. The van der Waals surface area contributed by atoms with E-state index in [-0.39, 0.29) is 41.0 Å². The fourth-order valence-electron chi connectivity index (χ4n) is 2.55. The molecule has 1 heterocycles. The number of carbonyl (C=O) groups excluding carboxylic acids is 1. The molecule has 0 bridgehead atoms. The zero-order chi connectivity index (χ0) is 15.9. The minimum absolute atomic E-state index is 0.00395. The van der Waals surface area contributed by atoms with E-state index in [1.54, 1.807) is 12.1 Å². The largest absolute Gasteiger partial charge is 0.508 e. The third kappa shape index (κ3) is 2.18. The molecule has 2 aromatic carbocycles. The Morgan fingerprint density at radius 2 is 1.91 bits per heavy atom. The van der Waals surface area contributed by atoms with Crippen LogP contribution in [0, 0.1) is 0 Å². The number of hydrogen-bond donors (Lipinski definition) is 3. The Hall–Kier alpha value is -2.89. The van der Waals surface area contributed by atoms with E-state index in [1.165, 1.54) is 19.2 Å². The van der Waals surface area contributed by atoms with Gasteiger partial charge in [0, 0.05) is 23.8 Å². The van der Waals surface area contributed by atoms with Crippen molar-refractivity contribution >= 4 is 5.78 Å². The number of ketones is 1. The molecular weight excluding hydrogens is 288 g/mol. The molecule has 0 aromatic heterocycles. The Morgan fingerprint density at radius 3 is 2.59 bits per heavy atom. The highest BCUT2D eigenvalue weighted by Crippen LogP contribution is 2.42. The summed E-state index contributed by atoms with van der Waals surface area (Å²) in [5, 5.41) is 29.4. The SMILES string of the molecule is COc1ccc(C2COc3cc(O)cc(O)c3C2=O)c(O)c1. The standard InChI is InChI=1S/C16H14O6/c1-21-9-2-3-10(12(18)6-9)11-7-22-14-5-8(17)4-13(19)15(14)16(11)20/h2-6,11,17-19H,7H2,1H3. The predicted octanol–water partition coefficient (Wildman–Crippen LogP) is 2.17. The molecule has 0 saturated carbocycles. The summed E-state index contributed by atoms with van der Waals surface area (Å²) in [6, 6.07) is 6.99. The number of phenolic OH excluding ortho intramolecular Hbond substituents is 3. The van der Waals surface area contributed by atoms with Gasteiger partial charge in [-0.05, 0) is 6.07 Å². The van der Waals surface area contributed by atoms with Gasteiger partial charge in [0.25, 0.3) is 0 Å². The van der Waals surface area contributed by atoms with Gasteiger partial charge in [0.05, 0.1) is 13.0 Å². The fraction of sp³-hybridized carbons (Fsp3) is 0.188. The Bertz CT molecular complexity index is 753. The van der Waals surface area contributed by atoms with Crippen LogP contribution in [0.15, 0.2) is 30.3 Å². The van der Waals surface area contributed by atoms with Crippen LogP contribution in [0.5, 0.6) is 28.7 Å². The van der Waals surface area contributed by atoms with Gasteiger partial charge < -0.3 is 24.8 Å². The molecular formula is C16H14O6. The number of fused-ring (bicyclic) bond motifs is 1. The van der Waals surface area contributed by atoms with E-state index < -0.39 is 5.92 Å². The average molecular weight is 302 g/mol. The smallest absolute Gasteiger partial charge is 0.181 e. The lowest BCUT2D eigenvalue weighted by atomic mass is 9.88. The first kappa shape index (κ1) is 14.1. The van der Waals surface area contributed by atoms with Crippen molar-refractivity contribution in [2.75, 3.05) is 13.7 Å². The van der Waals surface area contributed by atoms with E-state index in [9.17, 15) is 20.1 Å². The number of Topliss-reactive ketones (excluding diaryl/α,β-unsaturated/α-hetero) is 1. The lowest BCUT2D eigenvalue weighted by molar-refractivity contribution is 0.0890. The van der Waals surface area contributed by atoms with Crippen LogP contribution in [0.2, 0.25) is 0 Å². The molecule has 0 saturated heterocycles. The lowest BCUT2D eigenvalue weighted by Gasteiger charge is -2.25. The Labute approximate surface area is 126 Å². The van der Waals surface area contributed by atoms with Crippen molar-refractivity contribution in [2.45, 2.75) is 5.92 Å². The minimum atomic E-state index is -0.742. The number of rotatable bonds is 2. The molecule has 114 valence electrons. The maximum atomic E-state index is 12.6. The van der Waals surface area contributed by atoms with Gasteiger partial charge in [-0.15, -0.1) is 0 Å². The van der Waals surface area contributed by atoms with E-state index in [0.29, 0.717) is 11.3 Å². The highest BCUT2D eigenvalue weighted by molar-refractivity contribution is 6.06. The van der Waals surface area contributed by atoms with Gasteiger partial charge in [-0.3, -0.25) is 4.79 Å². The summed E-state index contributed by atoms with van der Waals surface area (Å²) in [7, 11) is 1.48. The van der Waals surface area contributed by atoms with Gasteiger partial charge in [-0.1, -0.05) is 6.07 Å². The van der Waals surface area contributed by atoms with Crippen LogP contribution in [0.1, 0.15) is 21.8 Å². The van der Waals surface area contributed by atoms with Crippen molar-refractivity contribution in [2.24, 2.45) is 0 Å². The molecule has 0 spiro atoms. The van der Waals surface area contributed by atoms with Gasteiger partial charge in [-0.25, -0.2) is 0 Å². The molecule has 0 radical (unpaired) electrons. The van der Waals surface area contributed by atoms with Crippen LogP contribution in [0.3, 0.4) is 0 Å². The molecule has 3 rings (SSSR count). The molecule has 2 aromatic rings. The van der Waals surface area contributed by atoms with Crippen LogP contribution >= 0.6 is 0 Å². The van der Waals surface area contributed by atoms with Gasteiger partial charge in [0.2, 0.25) is 0 Å². The van der Waals surface area contributed by atoms with Crippen LogP contribution in [-0.2, 0) is 0 Å². The van der Waals surface area contributed by atoms with Gasteiger partial charge in [0.15, 0.2) is 5.78 Å². The molecule has 1 unspecified atom stereocenters. The van der Waals surface area contributed by atoms with Crippen molar-refractivity contribution in [3.63, 3.8) is 0 Å². The minimum Gasteiger partial charge on any atom is -0.508 e. The summed E-state index contributed by atoms with van der Waals surface area (Å²) in [5.74, 6) is -1.13. The number of methoxy groups -OCH3 is 1. The molecule has 0 aliphatic carbocycles. The van der Waals surface area contributed by atoms with E-state index >= 15 is 0 Å². The Balaban J connectivity index is 2.03. The van der Waals surface area contributed by atoms with E-state index in [2.05, 4.69) is 0 Å². The summed E-state index contributed by atoms with van der Waals surface area (Å²) in [4.78, 5) is 12.6. The molecule has 22 heavy (non-hydrogen) atoms. The molecule has 0 fully saturated rings. The number of aromatic hydroxyl groups is 3. The van der Waals surface area contributed by atoms with Crippen molar-refractivity contribution in [1.29, 1.82) is 0 Å². The van der Waals surface area contributed by atoms with E-state index in [1.807, 2.05) is 0 Å². The molecule has 1 aliphatic heterocycles. The number of hydrogen-bond acceptors (Lipinski definition) is 6. The number of carbonyl (C=O) groups is 1.